The molecule has 1 unspecified atom stereocenters. The predicted molar refractivity (Wildman–Crippen MR) is 76.1 cm³/mol. The fourth-order valence-corrected chi connectivity index (χ4v) is 3.11. The van der Waals surface area contributed by atoms with Gasteiger partial charge < -0.3 is 14.6 Å². The number of hydrogen-bond acceptors (Lipinski definition) is 7. The Morgan fingerprint density at radius 2 is 2.29 bits per heavy atom. The maximum atomic E-state index is 12.0. The van der Waals surface area contributed by atoms with Crippen molar-refractivity contribution >= 4 is 22.4 Å². The molecule has 1 fully saturated rings. The predicted octanol–water partition coefficient (Wildman–Crippen LogP) is 2.18. The van der Waals surface area contributed by atoms with Gasteiger partial charge in [0.05, 0.1) is 12.1 Å². The topological polar surface area (TPSA) is 90.1 Å². The normalized spacial score (nSPS) is 18.1. The summed E-state index contributed by atoms with van der Waals surface area (Å²) in [5.41, 5.74) is 1.55. The minimum atomic E-state index is -0.153. The molecule has 0 bridgehead atoms. The number of anilines is 1. The van der Waals surface area contributed by atoms with Crippen LogP contribution < -0.4 is 5.32 Å². The van der Waals surface area contributed by atoms with E-state index >= 15 is 0 Å². The van der Waals surface area contributed by atoms with Gasteiger partial charge in [-0.05, 0) is 26.7 Å². The number of aromatic nitrogens is 3. The molecule has 0 saturated carbocycles. The van der Waals surface area contributed by atoms with E-state index in [4.69, 9.17) is 9.26 Å². The molecule has 21 heavy (non-hydrogen) atoms. The van der Waals surface area contributed by atoms with Gasteiger partial charge in [-0.15, -0.1) is 10.2 Å². The molecule has 1 atom stereocenters. The molecule has 0 aromatic carbocycles. The number of rotatable bonds is 4. The van der Waals surface area contributed by atoms with Crippen LogP contribution in [0.5, 0.6) is 0 Å². The minimum Gasteiger partial charge on any atom is -0.371 e. The molecule has 0 radical (unpaired) electrons. The smallest absolute Gasteiger partial charge is 0.230 e. The zero-order valence-corrected chi connectivity index (χ0v) is 12.7. The van der Waals surface area contributed by atoms with Crippen molar-refractivity contribution in [3.63, 3.8) is 0 Å². The molecule has 1 aliphatic rings. The van der Waals surface area contributed by atoms with Gasteiger partial charge in [-0.2, -0.15) is 0 Å². The summed E-state index contributed by atoms with van der Waals surface area (Å²) in [6, 6.07) is 0. The Morgan fingerprint density at radius 1 is 1.43 bits per heavy atom. The van der Waals surface area contributed by atoms with E-state index in [1.165, 1.54) is 11.3 Å². The van der Waals surface area contributed by atoms with E-state index < -0.39 is 0 Å². The van der Waals surface area contributed by atoms with Crippen molar-refractivity contribution in [1.82, 2.24) is 15.4 Å². The third-order valence-electron chi connectivity index (χ3n) is 3.41. The highest BCUT2D eigenvalue weighted by Crippen LogP contribution is 2.31. The van der Waals surface area contributed by atoms with Crippen LogP contribution in [0.25, 0.3) is 0 Å². The summed E-state index contributed by atoms with van der Waals surface area (Å²) in [7, 11) is 0. The number of nitrogens with one attached hydrogen (secondary N) is 1. The van der Waals surface area contributed by atoms with E-state index in [1.807, 2.05) is 6.92 Å². The van der Waals surface area contributed by atoms with Gasteiger partial charge in [0.25, 0.3) is 0 Å². The van der Waals surface area contributed by atoms with Crippen LogP contribution in [0.1, 0.15) is 41.0 Å². The summed E-state index contributed by atoms with van der Waals surface area (Å²) >= 11 is 1.36. The number of amides is 1. The van der Waals surface area contributed by atoms with Crippen LogP contribution >= 0.6 is 11.3 Å². The molecule has 3 rings (SSSR count). The lowest BCUT2D eigenvalue weighted by molar-refractivity contribution is -0.115. The van der Waals surface area contributed by atoms with Crippen molar-refractivity contribution in [2.75, 3.05) is 11.9 Å². The second-order valence-corrected chi connectivity index (χ2v) is 5.98. The van der Waals surface area contributed by atoms with Crippen LogP contribution in [0.15, 0.2) is 4.52 Å². The van der Waals surface area contributed by atoms with E-state index in [0.717, 1.165) is 35.7 Å². The Bertz CT molecular complexity index is 626. The van der Waals surface area contributed by atoms with Crippen molar-refractivity contribution in [1.29, 1.82) is 0 Å². The largest absolute Gasteiger partial charge is 0.371 e. The van der Waals surface area contributed by atoms with Crippen molar-refractivity contribution in [3.05, 3.63) is 22.0 Å². The van der Waals surface area contributed by atoms with E-state index in [2.05, 4.69) is 20.7 Å². The first kappa shape index (κ1) is 14.2. The highest BCUT2D eigenvalue weighted by molar-refractivity contribution is 7.15. The summed E-state index contributed by atoms with van der Waals surface area (Å²) in [6.45, 7) is 4.38. The Hall–Kier alpha value is -1.80. The van der Waals surface area contributed by atoms with Crippen molar-refractivity contribution in [3.8, 4) is 0 Å². The number of aryl methyl sites for hydroxylation is 2. The van der Waals surface area contributed by atoms with Gasteiger partial charge in [-0.3, -0.25) is 4.79 Å². The molecule has 8 heteroatoms. The monoisotopic (exact) mass is 308 g/mol. The van der Waals surface area contributed by atoms with E-state index in [0.29, 0.717) is 10.9 Å². The third-order valence-corrected chi connectivity index (χ3v) is 4.34. The zero-order valence-electron chi connectivity index (χ0n) is 11.9. The molecular formula is C13H16N4O3S. The van der Waals surface area contributed by atoms with Crippen LogP contribution in [-0.4, -0.2) is 27.9 Å². The second kappa shape index (κ2) is 5.90. The third kappa shape index (κ3) is 3.11. The van der Waals surface area contributed by atoms with Crippen LogP contribution in [0.3, 0.4) is 0 Å². The SMILES string of the molecule is Cc1noc(C)c1CC(=O)Nc1nnc(C2CCCO2)s1. The Labute approximate surface area is 125 Å². The van der Waals surface area contributed by atoms with E-state index in [-0.39, 0.29) is 18.4 Å². The molecule has 1 N–H and O–H groups in total. The molecule has 1 aliphatic heterocycles. The molecule has 1 amide bonds. The van der Waals surface area contributed by atoms with Gasteiger partial charge in [0.15, 0.2) is 0 Å². The van der Waals surface area contributed by atoms with Crippen molar-refractivity contribution in [2.45, 2.75) is 39.2 Å². The van der Waals surface area contributed by atoms with Gasteiger partial charge in [0.1, 0.15) is 16.9 Å². The average Bonchev–Trinajstić information content (AvgIpc) is 3.16. The van der Waals surface area contributed by atoms with Crippen molar-refractivity contribution < 1.29 is 14.1 Å². The molecule has 0 aliphatic carbocycles. The van der Waals surface area contributed by atoms with Gasteiger partial charge >= 0.3 is 0 Å². The second-order valence-electron chi connectivity index (χ2n) is 4.97. The first-order valence-corrected chi connectivity index (χ1v) is 7.61. The molecular weight excluding hydrogens is 292 g/mol. The summed E-state index contributed by atoms with van der Waals surface area (Å²) in [6.07, 6.45) is 2.24. The van der Waals surface area contributed by atoms with Crippen LogP contribution in [-0.2, 0) is 16.0 Å². The summed E-state index contributed by atoms with van der Waals surface area (Å²) < 4.78 is 10.6. The maximum absolute atomic E-state index is 12.0. The molecule has 7 nitrogen and oxygen atoms in total. The zero-order chi connectivity index (χ0) is 14.8. The fraction of sp³-hybridized carbons (Fsp3) is 0.538. The lowest BCUT2D eigenvalue weighted by atomic mass is 10.1. The lowest BCUT2D eigenvalue weighted by Crippen LogP contribution is -2.15. The Morgan fingerprint density at radius 3 is 2.95 bits per heavy atom. The number of hydrogen-bond donors (Lipinski definition) is 1. The summed E-state index contributed by atoms with van der Waals surface area (Å²) in [5, 5.41) is 16.0. The van der Waals surface area contributed by atoms with Crippen molar-refractivity contribution in [2.24, 2.45) is 0 Å². The van der Waals surface area contributed by atoms with Gasteiger partial charge in [0.2, 0.25) is 11.0 Å². The lowest BCUT2D eigenvalue weighted by Gasteiger charge is -2.02. The number of ether oxygens (including phenoxy) is 1. The molecule has 112 valence electrons. The molecule has 2 aromatic rings. The quantitative estimate of drug-likeness (QED) is 0.931. The average molecular weight is 308 g/mol. The minimum absolute atomic E-state index is 0.0238. The summed E-state index contributed by atoms with van der Waals surface area (Å²) in [5.74, 6) is 0.513. The van der Waals surface area contributed by atoms with Crippen LogP contribution in [0.2, 0.25) is 0 Å². The maximum Gasteiger partial charge on any atom is 0.230 e. The summed E-state index contributed by atoms with van der Waals surface area (Å²) in [4.78, 5) is 12.0. The number of carbonyl (C=O) groups excluding carboxylic acids is 1. The standard InChI is InChI=1S/C13H16N4O3S/c1-7-9(8(2)20-17-7)6-11(18)14-13-16-15-12(21-13)10-4-3-5-19-10/h10H,3-6H2,1-2H3,(H,14,16,18). The van der Waals surface area contributed by atoms with Gasteiger partial charge in [-0.25, -0.2) is 0 Å². The Kier molecular flexibility index (Phi) is 3.98. The van der Waals surface area contributed by atoms with Gasteiger partial charge in [-0.1, -0.05) is 16.5 Å². The van der Waals surface area contributed by atoms with E-state index in [9.17, 15) is 4.79 Å². The fourth-order valence-electron chi connectivity index (χ4n) is 2.27. The molecule has 3 heterocycles. The number of carbonyl (C=O) groups is 1. The molecule has 0 spiro atoms. The van der Waals surface area contributed by atoms with E-state index in [1.54, 1.807) is 6.92 Å². The Balaban J connectivity index is 1.62. The first-order chi connectivity index (χ1) is 10.1. The van der Waals surface area contributed by atoms with Crippen LogP contribution in [0.4, 0.5) is 5.13 Å². The first-order valence-electron chi connectivity index (χ1n) is 6.80. The van der Waals surface area contributed by atoms with Gasteiger partial charge in [0, 0.05) is 12.2 Å². The highest BCUT2D eigenvalue weighted by Gasteiger charge is 2.22. The van der Waals surface area contributed by atoms with Crippen LogP contribution in [0, 0.1) is 13.8 Å². The number of nitrogens with zero attached hydrogens (tertiary/aromatic N) is 3. The highest BCUT2D eigenvalue weighted by atomic mass is 32.1. The molecule has 1 saturated heterocycles. The molecule has 2 aromatic heterocycles.